The van der Waals surface area contributed by atoms with E-state index in [1.807, 2.05) is 11.7 Å². The summed E-state index contributed by atoms with van der Waals surface area (Å²) >= 11 is 0. The number of aliphatic hydroxyl groups is 1. The lowest BCUT2D eigenvalue weighted by Gasteiger charge is -2.21. The van der Waals surface area contributed by atoms with Crippen LogP contribution in [0.15, 0.2) is 6.20 Å². The topological polar surface area (TPSA) is 50.1 Å². The lowest BCUT2D eigenvalue weighted by Crippen LogP contribution is -2.22. The van der Waals surface area contributed by atoms with Crippen molar-refractivity contribution in [3.05, 3.63) is 17.5 Å². The number of aryl methyl sites for hydroxylation is 1. The van der Waals surface area contributed by atoms with Crippen LogP contribution < -0.4 is 5.32 Å². The van der Waals surface area contributed by atoms with E-state index >= 15 is 0 Å². The molecule has 0 aliphatic rings. The maximum Gasteiger partial charge on any atom is 0.0722 e. The average Bonchev–Trinajstić information content (AvgIpc) is 2.70. The molecule has 116 valence electrons. The summed E-state index contributed by atoms with van der Waals surface area (Å²) in [6.07, 6.45) is 4.22. The largest absolute Gasteiger partial charge is 0.396 e. The van der Waals surface area contributed by atoms with Gasteiger partial charge in [-0.15, -0.1) is 0 Å². The van der Waals surface area contributed by atoms with Gasteiger partial charge in [-0.3, -0.25) is 4.68 Å². The van der Waals surface area contributed by atoms with Crippen molar-refractivity contribution >= 4 is 0 Å². The highest BCUT2D eigenvalue weighted by Gasteiger charge is 2.21. The van der Waals surface area contributed by atoms with Gasteiger partial charge in [0.05, 0.1) is 5.69 Å². The zero-order valence-electron chi connectivity index (χ0n) is 14.0. The van der Waals surface area contributed by atoms with Crippen LogP contribution in [0.25, 0.3) is 0 Å². The van der Waals surface area contributed by atoms with E-state index in [-0.39, 0.29) is 17.4 Å². The molecule has 0 saturated heterocycles. The molecule has 0 bridgehead atoms. The molecule has 1 rings (SSSR count). The molecule has 1 aromatic heterocycles. The molecule has 0 spiro atoms. The zero-order chi connectivity index (χ0) is 15.4. The Morgan fingerprint density at radius 3 is 2.45 bits per heavy atom. The zero-order valence-corrected chi connectivity index (χ0v) is 14.0. The number of hydrogen-bond acceptors (Lipinski definition) is 3. The Labute approximate surface area is 123 Å². The van der Waals surface area contributed by atoms with Gasteiger partial charge in [0.1, 0.15) is 0 Å². The second-order valence-electron chi connectivity index (χ2n) is 7.53. The fourth-order valence-corrected chi connectivity index (χ4v) is 2.29. The minimum atomic E-state index is 0.0343. The first-order valence-corrected chi connectivity index (χ1v) is 7.50. The normalized spacial score (nSPS) is 12.9. The molecule has 4 nitrogen and oxygen atoms in total. The number of rotatable bonds is 7. The highest BCUT2D eigenvalue weighted by atomic mass is 16.3. The summed E-state index contributed by atoms with van der Waals surface area (Å²) in [5, 5.41) is 17.3. The van der Waals surface area contributed by atoms with Gasteiger partial charge in [-0.25, -0.2) is 0 Å². The fraction of sp³-hybridized carbons (Fsp3) is 0.812. The van der Waals surface area contributed by atoms with E-state index < -0.39 is 0 Å². The third-order valence-corrected chi connectivity index (χ3v) is 3.57. The highest BCUT2D eigenvalue weighted by Crippen LogP contribution is 2.24. The Kier molecular flexibility index (Phi) is 5.78. The quantitative estimate of drug-likeness (QED) is 0.755. The molecule has 0 radical (unpaired) electrons. The van der Waals surface area contributed by atoms with E-state index in [2.05, 4.69) is 51.2 Å². The van der Waals surface area contributed by atoms with E-state index in [4.69, 9.17) is 0 Å². The van der Waals surface area contributed by atoms with Crippen molar-refractivity contribution in [2.24, 2.45) is 12.5 Å². The van der Waals surface area contributed by atoms with E-state index in [0.29, 0.717) is 0 Å². The summed E-state index contributed by atoms with van der Waals surface area (Å²) in [5.74, 6) is 0. The summed E-state index contributed by atoms with van der Waals surface area (Å²) in [7, 11) is 1.97. The Morgan fingerprint density at radius 2 is 1.90 bits per heavy atom. The molecule has 0 aromatic carbocycles. The molecule has 1 aromatic rings. The number of aliphatic hydroxyl groups excluding tert-OH is 1. The standard InChI is InChI=1S/C16H31N3O/c1-15(2,3)14-13(11-19(6)18-14)10-17-9-7-8-16(4,5)12-20/h11,17,20H,7-10,12H2,1-6H3. The van der Waals surface area contributed by atoms with Crippen LogP contribution in [0, 0.1) is 5.41 Å². The molecule has 0 fully saturated rings. The molecule has 0 saturated carbocycles. The smallest absolute Gasteiger partial charge is 0.0722 e. The molecule has 0 aliphatic carbocycles. The van der Waals surface area contributed by atoms with Gasteiger partial charge < -0.3 is 10.4 Å². The van der Waals surface area contributed by atoms with Gasteiger partial charge in [-0.05, 0) is 24.8 Å². The Hall–Kier alpha value is -0.870. The number of nitrogens with one attached hydrogen (secondary N) is 1. The molecule has 4 heteroatoms. The SMILES string of the molecule is Cn1cc(CNCCCC(C)(C)CO)c(C(C)(C)C)n1. The monoisotopic (exact) mass is 281 g/mol. The van der Waals surface area contributed by atoms with Crippen molar-refractivity contribution in [3.63, 3.8) is 0 Å². The van der Waals surface area contributed by atoms with Gasteiger partial charge in [-0.1, -0.05) is 34.6 Å². The van der Waals surface area contributed by atoms with Crippen LogP contribution >= 0.6 is 0 Å². The van der Waals surface area contributed by atoms with E-state index in [1.54, 1.807) is 0 Å². The number of aromatic nitrogens is 2. The first-order valence-electron chi connectivity index (χ1n) is 7.50. The molecule has 0 atom stereocenters. The van der Waals surface area contributed by atoms with Crippen molar-refractivity contribution < 1.29 is 5.11 Å². The van der Waals surface area contributed by atoms with Gasteiger partial charge in [0.15, 0.2) is 0 Å². The van der Waals surface area contributed by atoms with Gasteiger partial charge in [-0.2, -0.15) is 5.10 Å². The first-order chi connectivity index (χ1) is 9.15. The van der Waals surface area contributed by atoms with Crippen LogP contribution in [0.3, 0.4) is 0 Å². The summed E-state index contributed by atoms with van der Waals surface area (Å²) in [6.45, 7) is 12.9. The fourth-order valence-electron chi connectivity index (χ4n) is 2.29. The third kappa shape index (κ3) is 5.25. The molecule has 0 amide bonds. The average molecular weight is 281 g/mol. The van der Waals surface area contributed by atoms with Gasteiger partial charge in [0, 0.05) is 37.4 Å². The highest BCUT2D eigenvalue weighted by molar-refractivity contribution is 5.23. The van der Waals surface area contributed by atoms with E-state index in [1.165, 1.54) is 11.3 Å². The second-order valence-corrected chi connectivity index (χ2v) is 7.53. The molecule has 2 N–H and O–H groups in total. The minimum Gasteiger partial charge on any atom is -0.396 e. The predicted octanol–water partition coefficient (Wildman–Crippen LogP) is 2.61. The second kappa shape index (κ2) is 6.72. The van der Waals surface area contributed by atoms with Gasteiger partial charge >= 0.3 is 0 Å². The van der Waals surface area contributed by atoms with Crippen molar-refractivity contribution in [1.29, 1.82) is 0 Å². The van der Waals surface area contributed by atoms with E-state index in [9.17, 15) is 5.11 Å². The third-order valence-electron chi connectivity index (χ3n) is 3.57. The summed E-state index contributed by atoms with van der Waals surface area (Å²) in [4.78, 5) is 0. The molecule has 0 unspecified atom stereocenters. The molecular weight excluding hydrogens is 250 g/mol. The first kappa shape index (κ1) is 17.2. The van der Waals surface area contributed by atoms with Crippen LogP contribution in [-0.4, -0.2) is 28.0 Å². The van der Waals surface area contributed by atoms with Gasteiger partial charge in [0.25, 0.3) is 0 Å². The van der Waals surface area contributed by atoms with Crippen LogP contribution in [0.1, 0.15) is 58.7 Å². The molecule has 20 heavy (non-hydrogen) atoms. The van der Waals surface area contributed by atoms with Gasteiger partial charge in [0.2, 0.25) is 0 Å². The maximum absolute atomic E-state index is 9.23. The lowest BCUT2D eigenvalue weighted by atomic mass is 9.89. The summed E-state index contributed by atoms with van der Waals surface area (Å²) in [5.41, 5.74) is 2.56. The van der Waals surface area contributed by atoms with Crippen molar-refractivity contribution in [2.75, 3.05) is 13.2 Å². The van der Waals surface area contributed by atoms with Crippen LogP contribution in [-0.2, 0) is 19.0 Å². The predicted molar refractivity (Wildman–Crippen MR) is 83.7 cm³/mol. The number of nitrogens with zero attached hydrogens (tertiary/aromatic N) is 2. The van der Waals surface area contributed by atoms with Crippen LogP contribution in [0.5, 0.6) is 0 Å². The molecular formula is C16H31N3O. The Morgan fingerprint density at radius 1 is 1.25 bits per heavy atom. The minimum absolute atomic E-state index is 0.0343. The summed E-state index contributed by atoms with van der Waals surface area (Å²) in [6, 6.07) is 0. The van der Waals surface area contributed by atoms with E-state index in [0.717, 1.165) is 25.9 Å². The summed E-state index contributed by atoms with van der Waals surface area (Å²) < 4.78 is 1.90. The maximum atomic E-state index is 9.23. The molecule has 0 aliphatic heterocycles. The van der Waals surface area contributed by atoms with Crippen LogP contribution in [0.4, 0.5) is 0 Å². The Balaban J connectivity index is 2.43. The van der Waals surface area contributed by atoms with Crippen molar-refractivity contribution in [3.8, 4) is 0 Å². The molecule has 1 heterocycles. The number of hydrogen-bond donors (Lipinski definition) is 2. The lowest BCUT2D eigenvalue weighted by molar-refractivity contribution is 0.148. The van der Waals surface area contributed by atoms with Crippen molar-refractivity contribution in [2.45, 2.75) is 59.4 Å². The van der Waals surface area contributed by atoms with Crippen molar-refractivity contribution in [1.82, 2.24) is 15.1 Å². The Bertz CT molecular complexity index is 416. The van der Waals surface area contributed by atoms with Crippen LogP contribution in [0.2, 0.25) is 0 Å².